The van der Waals surface area contributed by atoms with Gasteiger partial charge in [-0.05, 0) is 25.2 Å². The number of likely N-dealkylation sites (tertiary alicyclic amines) is 1. The second-order valence-electron chi connectivity index (χ2n) is 6.30. The van der Waals surface area contributed by atoms with Gasteiger partial charge in [-0.2, -0.15) is 17.5 Å². The summed E-state index contributed by atoms with van der Waals surface area (Å²) >= 11 is 0. The van der Waals surface area contributed by atoms with Gasteiger partial charge in [-0.3, -0.25) is 4.79 Å². The van der Waals surface area contributed by atoms with E-state index in [0.29, 0.717) is 23.3 Å². The van der Waals surface area contributed by atoms with Crippen LogP contribution in [0.1, 0.15) is 26.2 Å². The smallest absolute Gasteiger partial charge is 0.342 e. The van der Waals surface area contributed by atoms with Gasteiger partial charge in [0.05, 0.1) is 6.26 Å². The molecule has 2 rings (SSSR count). The van der Waals surface area contributed by atoms with Crippen molar-refractivity contribution in [2.75, 3.05) is 25.9 Å². The fraction of sp³-hybridized carbons (Fsp3) is 0.923. The first kappa shape index (κ1) is 17.5. The molecule has 0 N–H and O–H groups in total. The summed E-state index contributed by atoms with van der Waals surface area (Å²) in [5.74, 6) is 0.466. The Labute approximate surface area is 128 Å². The zero-order valence-corrected chi connectivity index (χ0v) is 13.5. The maximum absolute atomic E-state index is 12.6. The first-order valence-electron chi connectivity index (χ1n) is 7.31. The maximum Gasteiger partial charge on any atom is 0.402 e. The Morgan fingerprint density at radius 2 is 1.77 bits per heavy atom. The number of halogens is 3. The average Bonchev–Trinajstić information content (AvgIpc) is 3.10. The standard InChI is InChI=1S/C13H21F3N2O3S/c1-9-7-11(9)12(19)17-5-3-10(4-6-17)18(22(2,20)21)8-13(14,15)16/h9-11H,3-8H2,1-2H3/t9-,11-/m0/s1. The molecule has 1 aliphatic carbocycles. The van der Waals surface area contributed by atoms with Crippen molar-refractivity contribution >= 4 is 15.9 Å². The molecule has 1 saturated heterocycles. The van der Waals surface area contributed by atoms with Crippen molar-refractivity contribution in [3.63, 3.8) is 0 Å². The van der Waals surface area contributed by atoms with Crippen LogP contribution >= 0.6 is 0 Å². The quantitative estimate of drug-likeness (QED) is 0.777. The van der Waals surface area contributed by atoms with Crippen LogP contribution in [-0.4, -0.2) is 61.6 Å². The molecule has 1 aliphatic heterocycles. The van der Waals surface area contributed by atoms with Gasteiger partial charge < -0.3 is 4.90 Å². The number of rotatable bonds is 4. The second kappa shape index (κ2) is 5.99. The van der Waals surface area contributed by atoms with Crippen LogP contribution < -0.4 is 0 Å². The predicted molar refractivity (Wildman–Crippen MR) is 74.5 cm³/mol. The third kappa shape index (κ3) is 4.34. The first-order valence-corrected chi connectivity index (χ1v) is 9.16. The minimum absolute atomic E-state index is 0.0396. The molecule has 22 heavy (non-hydrogen) atoms. The van der Waals surface area contributed by atoms with E-state index in [2.05, 4.69) is 0 Å². The Morgan fingerprint density at radius 1 is 1.27 bits per heavy atom. The molecular weight excluding hydrogens is 321 g/mol. The highest BCUT2D eigenvalue weighted by atomic mass is 32.2. The second-order valence-corrected chi connectivity index (χ2v) is 8.23. The minimum Gasteiger partial charge on any atom is -0.342 e. The molecule has 2 aliphatic rings. The Bertz CT molecular complexity index is 527. The van der Waals surface area contributed by atoms with Gasteiger partial charge in [0, 0.05) is 25.0 Å². The molecule has 0 bridgehead atoms. The summed E-state index contributed by atoms with van der Waals surface area (Å²) in [6, 6.07) is -0.697. The van der Waals surface area contributed by atoms with Crippen molar-refractivity contribution in [3.05, 3.63) is 0 Å². The summed E-state index contributed by atoms with van der Waals surface area (Å²) in [5.41, 5.74) is 0. The number of sulfonamides is 1. The molecule has 1 amide bonds. The molecule has 0 radical (unpaired) electrons. The van der Waals surface area contributed by atoms with E-state index in [1.165, 1.54) is 0 Å². The first-order chi connectivity index (χ1) is 9.99. The highest BCUT2D eigenvalue weighted by Crippen LogP contribution is 2.39. The van der Waals surface area contributed by atoms with Crippen LogP contribution in [0.2, 0.25) is 0 Å². The zero-order valence-electron chi connectivity index (χ0n) is 12.6. The summed E-state index contributed by atoms with van der Waals surface area (Å²) in [6.45, 7) is 1.15. The highest BCUT2D eigenvalue weighted by Gasteiger charge is 2.44. The number of amides is 1. The molecule has 0 aromatic rings. The molecule has 2 atom stereocenters. The third-order valence-corrected chi connectivity index (χ3v) is 5.65. The number of piperidine rings is 1. The lowest BCUT2D eigenvalue weighted by atomic mass is 10.0. The normalized spacial score (nSPS) is 27.3. The summed E-state index contributed by atoms with van der Waals surface area (Å²) in [5, 5.41) is 0. The van der Waals surface area contributed by atoms with Crippen LogP contribution in [0.5, 0.6) is 0 Å². The van der Waals surface area contributed by atoms with Gasteiger partial charge in [0.15, 0.2) is 0 Å². The lowest BCUT2D eigenvalue weighted by Crippen LogP contribution is -2.51. The number of hydrogen-bond acceptors (Lipinski definition) is 3. The predicted octanol–water partition coefficient (Wildman–Crippen LogP) is 1.46. The minimum atomic E-state index is -4.57. The van der Waals surface area contributed by atoms with Crippen LogP contribution in [0, 0.1) is 11.8 Å². The van der Waals surface area contributed by atoms with E-state index in [0.717, 1.165) is 12.7 Å². The van der Waals surface area contributed by atoms with Crippen LogP contribution in [0.25, 0.3) is 0 Å². The SMILES string of the molecule is C[C@H]1C[C@@H]1C(=O)N1CCC(N(CC(F)(F)F)S(C)(=O)=O)CC1. The van der Waals surface area contributed by atoms with E-state index in [1.54, 1.807) is 4.90 Å². The van der Waals surface area contributed by atoms with Crippen LogP contribution in [0.4, 0.5) is 13.2 Å². The van der Waals surface area contributed by atoms with Crippen LogP contribution in [0.15, 0.2) is 0 Å². The largest absolute Gasteiger partial charge is 0.402 e. The lowest BCUT2D eigenvalue weighted by Gasteiger charge is -2.37. The number of carbonyl (C=O) groups is 1. The molecule has 0 aromatic carbocycles. The topological polar surface area (TPSA) is 57.7 Å². The summed E-state index contributed by atoms with van der Waals surface area (Å²) in [7, 11) is -3.94. The van der Waals surface area contributed by atoms with Gasteiger partial charge in [0.25, 0.3) is 0 Å². The summed E-state index contributed by atoms with van der Waals surface area (Å²) < 4.78 is 61.5. The molecule has 0 spiro atoms. The van der Waals surface area contributed by atoms with Crippen LogP contribution in [0.3, 0.4) is 0 Å². The third-order valence-electron chi connectivity index (χ3n) is 4.37. The molecular formula is C13H21F3N2O3S. The van der Waals surface area contributed by atoms with Gasteiger partial charge in [0.1, 0.15) is 6.54 Å². The fourth-order valence-corrected chi connectivity index (χ4v) is 4.10. The van der Waals surface area contributed by atoms with E-state index < -0.39 is 28.8 Å². The number of nitrogens with zero attached hydrogens (tertiary/aromatic N) is 2. The zero-order chi connectivity index (χ0) is 16.7. The molecule has 9 heteroatoms. The van der Waals surface area contributed by atoms with Crippen molar-refractivity contribution in [2.24, 2.45) is 11.8 Å². The average molecular weight is 342 g/mol. The van der Waals surface area contributed by atoms with Gasteiger partial charge in [-0.25, -0.2) is 8.42 Å². The number of hydrogen-bond donors (Lipinski definition) is 0. The molecule has 0 aromatic heterocycles. The van der Waals surface area contributed by atoms with E-state index >= 15 is 0 Å². The van der Waals surface area contributed by atoms with E-state index in [-0.39, 0.29) is 24.7 Å². The van der Waals surface area contributed by atoms with E-state index in [4.69, 9.17) is 0 Å². The number of carbonyl (C=O) groups excluding carboxylic acids is 1. The molecule has 1 heterocycles. The van der Waals surface area contributed by atoms with Crippen molar-refractivity contribution in [2.45, 2.75) is 38.4 Å². The Balaban J connectivity index is 1.97. The molecule has 5 nitrogen and oxygen atoms in total. The fourth-order valence-electron chi connectivity index (χ4n) is 2.97. The maximum atomic E-state index is 12.6. The summed E-state index contributed by atoms with van der Waals surface area (Å²) in [6.07, 6.45) is -2.42. The van der Waals surface area contributed by atoms with Crippen molar-refractivity contribution in [1.82, 2.24) is 9.21 Å². The van der Waals surface area contributed by atoms with Gasteiger partial charge in [0.2, 0.25) is 15.9 Å². The van der Waals surface area contributed by atoms with Crippen molar-refractivity contribution in [1.29, 1.82) is 0 Å². The highest BCUT2D eigenvalue weighted by molar-refractivity contribution is 7.88. The number of alkyl halides is 3. The van der Waals surface area contributed by atoms with Gasteiger partial charge in [-0.1, -0.05) is 6.92 Å². The Kier molecular flexibility index (Phi) is 4.77. The van der Waals surface area contributed by atoms with E-state index in [1.807, 2.05) is 6.92 Å². The molecule has 128 valence electrons. The monoisotopic (exact) mass is 342 g/mol. The molecule has 2 fully saturated rings. The lowest BCUT2D eigenvalue weighted by molar-refractivity contribution is -0.143. The van der Waals surface area contributed by atoms with Crippen LogP contribution in [-0.2, 0) is 14.8 Å². The molecule has 0 unspecified atom stereocenters. The van der Waals surface area contributed by atoms with Crippen molar-refractivity contribution in [3.8, 4) is 0 Å². The van der Waals surface area contributed by atoms with Gasteiger partial charge >= 0.3 is 6.18 Å². The van der Waals surface area contributed by atoms with Crippen molar-refractivity contribution < 1.29 is 26.4 Å². The molecule has 1 saturated carbocycles. The summed E-state index contributed by atoms with van der Waals surface area (Å²) in [4.78, 5) is 13.7. The Hall–Kier alpha value is -0.830. The van der Waals surface area contributed by atoms with E-state index in [9.17, 15) is 26.4 Å². The van der Waals surface area contributed by atoms with Gasteiger partial charge in [-0.15, -0.1) is 0 Å². The Morgan fingerprint density at radius 3 is 2.14 bits per heavy atom.